The lowest BCUT2D eigenvalue weighted by Gasteiger charge is -2.21. The van der Waals surface area contributed by atoms with E-state index in [1.165, 1.54) is 0 Å². The van der Waals surface area contributed by atoms with Crippen LogP contribution >= 0.6 is 0 Å². The summed E-state index contributed by atoms with van der Waals surface area (Å²) in [5.41, 5.74) is 1.24. The molecule has 1 aliphatic rings. The summed E-state index contributed by atoms with van der Waals surface area (Å²) in [7, 11) is 0. The highest BCUT2D eigenvalue weighted by Crippen LogP contribution is 2.30. The molecular formula is C15H21N3O3. The van der Waals surface area contributed by atoms with E-state index in [0.717, 1.165) is 12.2 Å². The monoisotopic (exact) mass is 291 g/mol. The van der Waals surface area contributed by atoms with Crippen molar-refractivity contribution < 1.29 is 14.3 Å². The molecule has 0 fully saturated rings. The standard InChI is InChI=1S/C15H21N3O3/c1-10(2)8-17-13(19)9-18-15(20)11-4-3-5-12-14(11)21-7-6-16-12/h3-5,10,16H,6-9H2,1-2H3,(H,17,19)(H,18,20). The third-order valence-corrected chi connectivity index (χ3v) is 3.04. The van der Waals surface area contributed by atoms with E-state index in [4.69, 9.17) is 4.74 Å². The van der Waals surface area contributed by atoms with Gasteiger partial charge in [0.15, 0.2) is 5.75 Å². The predicted molar refractivity (Wildman–Crippen MR) is 80.6 cm³/mol. The minimum absolute atomic E-state index is 0.0390. The summed E-state index contributed by atoms with van der Waals surface area (Å²) in [6, 6.07) is 5.34. The van der Waals surface area contributed by atoms with Crippen LogP contribution in [0.3, 0.4) is 0 Å². The predicted octanol–water partition coefficient (Wildman–Crippen LogP) is 0.993. The SMILES string of the molecule is CC(C)CNC(=O)CNC(=O)c1cccc2c1OCCN2. The average molecular weight is 291 g/mol. The number of carbonyl (C=O) groups is 2. The number of amides is 2. The molecule has 1 aromatic rings. The van der Waals surface area contributed by atoms with E-state index in [2.05, 4.69) is 16.0 Å². The number of hydrogen-bond acceptors (Lipinski definition) is 4. The van der Waals surface area contributed by atoms with Crippen molar-refractivity contribution in [2.75, 3.05) is 31.6 Å². The number of rotatable bonds is 5. The van der Waals surface area contributed by atoms with Crippen molar-refractivity contribution in [2.45, 2.75) is 13.8 Å². The fourth-order valence-electron chi connectivity index (χ4n) is 1.99. The molecule has 0 unspecified atom stereocenters. The lowest BCUT2D eigenvalue weighted by atomic mass is 10.1. The number of carbonyl (C=O) groups excluding carboxylic acids is 2. The molecule has 0 bridgehead atoms. The number of hydrogen-bond donors (Lipinski definition) is 3. The first kappa shape index (κ1) is 15.2. The Morgan fingerprint density at radius 2 is 2.14 bits per heavy atom. The van der Waals surface area contributed by atoms with Crippen LogP contribution < -0.4 is 20.7 Å². The first-order valence-electron chi connectivity index (χ1n) is 7.12. The van der Waals surface area contributed by atoms with Gasteiger partial charge in [-0.05, 0) is 18.1 Å². The Kier molecular flexibility index (Phi) is 5.03. The zero-order chi connectivity index (χ0) is 15.2. The van der Waals surface area contributed by atoms with E-state index < -0.39 is 0 Å². The molecule has 0 saturated carbocycles. The van der Waals surface area contributed by atoms with Gasteiger partial charge in [0, 0.05) is 13.1 Å². The van der Waals surface area contributed by atoms with Gasteiger partial charge in [0.1, 0.15) is 6.61 Å². The van der Waals surface area contributed by atoms with Crippen LogP contribution in [0, 0.1) is 5.92 Å². The molecule has 0 saturated heterocycles. The molecule has 0 atom stereocenters. The van der Waals surface area contributed by atoms with Crippen LogP contribution in [-0.4, -0.2) is 38.1 Å². The first-order chi connectivity index (χ1) is 10.1. The molecule has 3 N–H and O–H groups in total. The van der Waals surface area contributed by atoms with Crippen LogP contribution in [0.5, 0.6) is 5.75 Å². The number of para-hydroxylation sites is 1. The third-order valence-electron chi connectivity index (χ3n) is 3.04. The van der Waals surface area contributed by atoms with Crippen molar-refractivity contribution >= 4 is 17.5 Å². The first-order valence-corrected chi connectivity index (χ1v) is 7.12. The van der Waals surface area contributed by atoms with Crippen LogP contribution in [0.1, 0.15) is 24.2 Å². The molecule has 0 spiro atoms. The normalized spacial score (nSPS) is 12.9. The number of benzene rings is 1. The lowest BCUT2D eigenvalue weighted by molar-refractivity contribution is -0.120. The second-order valence-corrected chi connectivity index (χ2v) is 5.34. The molecule has 6 nitrogen and oxygen atoms in total. The fourth-order valence-corrected chi connectivity index (χ4v) is 1.99. The van der Waals surface area contributed by atoms with Gasteiger partial charge in [0.2, 0.25) is 5.91 Å². The molecule has 2 amide bonds. The van der Waals surface area contributed by atoms with E-state index in [1.54, 1.807) is 12.1 Å². The molecular weight excluding hydrogens is 270 g/mol. The summed E-state index contributed by atoms with van der Waals surface area (Å²) in [5.74, 6) is 0.422. The van der Waals surface area contributed by atoms with Crippen LogP contribution in [0.2, 0.25) is 0 Å². The van der Waals surface area contributed by atoms with Crippen LogP contribution in [-0.2, 0) is 4.79 Å². The summed E-state index contributed by atoms with van der Waals surface area (Å²) in [4.78, 5) is 23.8. The zero-order valence-electron chi connectivity index (χ0n) is 12.4. The van der Waals surface area contributed by atoms with Gasteiger partial charge in [-0.2, -0.15) is 0 Å². The van der Waals surface area contributed by atoms with E-state index in [0.29, 0.717) is 30.4 Å². The van der Waals surface area contributed by atoms with Gasteiger partial charge in [0.25, 0.3) is 5.91 Å². The Labute approximate surface area is 124 Å². The van der Waals surface area contributed by atoms with Gasteiger partial charge in [-0.15, -0.1) is 0 Å². The highest BCUT2D eigenvalue weighted by molar-refractivity contribution is 6.00. The molecule has 2 rings (SSSR count). The van der Waals surface area contributed by atoms with Crippen LogP contribution in [0.4, 0.5) is 5.69 Å². The van der Waals surface area contributed by atoms with Crippen molar-refractivity contribution in [2.24, 2.45) is 5.92 Å². The second kappa shape index (κ2) is 6.97. The summed E-state index contributed by atoms with van der Waals surface area (Å²) < 4.78 is 5.54. The van der Waals surface area contributed by atoms with Gasteiger partial charge in [-0.3, -0.25) is 9.59 Å². The Morgan fingerprint density at radius 3 is 2.90 bits per heavy atom. The van der Waals surface area contributed by atoms with Crippen LogP contribution in [0.15, 0.2) is 18.2 Å². The maximum absolute atomic E-state index is 12.2. The topological polar surface area (TPSA) is 79.5 Å². The highest BCUT2D eigenvalue weighted by Gasteiger charge is 2.19. The summed E-state index contributed by atoms with van der Waals surface area (Å²) in [6.07, 6.45) is 0. The fraction of sp³-hybridized carbons (Fsp3) is 0.467. The molecule has 1 aliphatic heterocycles. The van der Waals surface area contributed by atoms with Crippen LogP contribution in [0.25, 0.3) is 0 Å². The molecule has 1 heterocycles. The van der Waals surface area contributed by atoms with Gasteiger partial charge in [-0.1, -0.05) is 19.9 Å². The smallest absolute Gasteiger partial charge is 0.255 e. The quantitative estimate of drug-likeness (QED) is 0.756. The number of nitrogens with one attached hydrogen (secondary N) is 3. The number of anilines is 1. The minimum atomic E-state index is -0.310. The molecule has 6 heteroatoms. The van der Waals surface area contributed by atoms with Crippen molar-refractivity contribution in [1.29, 1.82) is 0 Å². The molecule has 1 aromatic carbocycles. The maximum atomic E-state index is 12.2. The zero-order valence-corrected chi connectivity index (χ0v) is 12.4. The van der Waals surface area contributed by atoms with E-state index in [-0.39, 0.29) is 18.4 Å². The summed E-state index contributed by atoms with van der Waals surface area (Å²) in [6.45, 7) is 5.83. The van der Waals surface area contributed by atoms with Crippen molar-refractivity contribution in [1.82, 2.24) is 10.6 Å². The Balaban J connectivity index is 1.93. The highest BCUT2D eigenvalue weighted by atomic mass is 16.5. The molecule has 114 valence electrons. The van der Waals surface area contributed by atoms with E-state index in [9.17, 15) is 9.59 Å². The largest absolute Gasteiger partial charge is 0.489 e. The van der Waals surface area contributed by atoms with Gasteiger partial charge < -0.3 is 20.7 Å². The second-order valence-electron chi connectivity index (χ2n) is 5.34. The molecule has 0 aromatic heterocycles. The van der Waals surface area contributed by atoms with E-state index in [1.807, 2.05) is 19.9 Å². The van der Waals surface area contributed by atoms with Crippen molar-refractivity contribution in [3.8, 4) is 5.75 Å². The lowest BCUT2D eigenvalue weighted by Crippen LogP contribution is -2.38. The Hall–Kier alpha value is -2.24. The van der Waals surface area contributed by atoms with E-state index >= 15 is 0 Å². The number of fused-ring (bicyclic) bond motifs is 1. The molecule has 0 radical (unpaired) electrons. The maximum Gasteiger partial charge on any atom is 0.255 e. The number of ether oxygens (including phenoxy) is 1. The van der Waals surface area contributed by atoms with Crippen molar-refractivity contribution in [3.05, 3.63) is 23.8 Å². The Morgan fingerprint density at radius 1 is 1.33 bits per heavy atom. The van der Waals surface area contributed by atoms with Gasteiger partial charge >= 0.3 is 0 Å². The minimum Gasteiger partial charge on any atom is -0.489 e. The Bertz CT molecular complexity index is 529. The summed E-state index contributed by atoms with van der Waals surface area (Å²) in [5, 5.41) is 8.54. The average Bonchev–Trinajstić information content (AvgIpc) is 2.50. The summed E-state index contributed by atoms with van der Waals surface area (Å²) >= 11 is 0. The third kappa shape index (κ3) is 4.11. The van der Waals surface area contributed by atoms with Crippen molar-refractivity contribution in [3.63, 3.8) is 0 Å². The molecule has 0 aliphatic carbocycles. The molecule has 21 heavy (non-hydrogen) atoms. The van der Waals surface area contributed by atoms with Gasteiger partial charge in [-0.25, -0.2) is 0 Å². The van der Waals surface area contributed by atoms with Gasteiger partial charge in [0.05, 0.1) is 17.8 Å².